The summed E-state index contributed by atoms with van der Waals surface area (Å²) in [7, 11) is 0. The van der Waals surface area contributed by atoms with E-state index in [9.17, 15) is 4.79 Å². The first-order chi connectivity index (χ1) is 9.24. The molecule has 1 aromatic heterocycles. The lowest BCUT2D eigenvalue weighted by atomic mass is 10.3. The monoisotopic (exact) mass is 259 g/mol. The van der Waals surface area contributed by atoms with Gasteiger partial charge < -0.3 is 10.1 Å². The number of carbonyl (C=O) groups is 1. The van der Waals surface area contributed by atoms with Gasteiger partial charge in [0.05, 0.1) is 12.3 Å². The second-order valence-corrected chi connectivity index (χ2v) is 3.94. The number of aromatic nitrogens is 2. The molecule has 0 aliphatic carbocycles. The minimum atomic E-state index is -0.237. The Hall–Kier alpha value is -2.30. The molecule has 0 aliphatic heterocycles. The number of nitrogens with zero attached hydrogens (tertiary/aromatic N) is 2. The van der Waals surface area contributed by atoms with Crippen LogP contribution in [0.25, 0.3) is 0 Å². The van der Waals surface area contributed by atoms with Crippen molar-refractivity contribution in [2.75, 3.05) is 11.9 Å². The second-order valence-electron chi connectivity index (χ2n) is 3.94. The smallest absolute Gasteiger partial charge is 0.276 e. The summed E-state index contributed by atoms with van der Waals surface area (Å²) in [5.74, 6) is 0.424. The minimum absolute atomic E-state index is 0.237. The minimum Gasteiger partial charge on any atom is -0.492 e. The Balaban J connectivity index is 2.14. The number of hydrogen-bond donors (Lipinski definition) is 1. The SMILES string of the molecule is CCOc1ccccc1NC(=O)c1ccn(CC)n1. The van der Waals surface area contributed by atoms with Gasteiger partial charge in [-0.1, -0.05) is 12.1 Å². The van der Waals surface area contributed by atoms with Crippen LogP contribution in [0.3, 0.4) is 0 Å². The molecule has 1 amide bonds. The molecule has 2 rings (SSSR count). The quantitative estimate of drug-likeness (QED) is 0.897. The van der Waals surface area contributed by atoms with Crippen molar-refractivity contribution in [1.82, 2.24) is 9.78 Å². The fourth-order valence-electron chi connectivity index (χ4n) is 1.70. The Morgan fingerprint density at radius 1 is 1.32 bits per heavy atom. The molecule has 1 aromatic carbocycles. The standard InChI is InChI=1S/C14H17N3O2/c1-3-17-10-9-12(16-17)14(18)15-11-7-5-6-8-13(11)19-4-2/h5-10H,3-4H2,1-2H3,(H,15,18). The van der Waals surface area contributed by atoms with Gasteiger partial charge in [-0.25, -0.2) is 0 Å². The number of anilines is 1. The van der Waals surface area contributed by atoms with Gasteiger partial charge in [-0.15, -0.1) is 0 Å². The average molecular weight is 259 g/mol. The molecule has 0 radical (unpaired) electrons. The Bertz CT molecular complexity index is 563. The first kappa shape index (κ1) is 13.1. The van der Waals surface area contributed by atoms with Crippen molar-refractivity contribution in [3.8, 4) is 5.75 Å². The van der Waals surface area contributed by atoms with Gasteiger partial charge in [0.25, 0.3) is 5.91 Å². The summed E-state index contributed by atoms with van der Waals surface area (Å²) in [6.45, 7) is 5.17. The average Bonchev–Trinajstić information content (AvgIpc) is 2.90. The summed E-state index contributed by atoms with van der Waals surface area (Å²) in [5, 5.41) is 6.97. The first-order valence-electron chi connectivity index (χ1n) is 6.31. The molecule has 5 heteroatoms. The number of para-hydroxylation sites is 2. The van der Waals surface area contributed by atoms with Crippen molar-refractivity contribution in [1.29, 1.82) is 0 Å². The van der Waals surface area contributed by atoms with Crippen molar-refractivity contribution in [3.63, 3.8) is 0 Å². The van der Waals surface area contributed by atoms with Crippen LogP contribution < -0.4 is 10.1 Å². The molecular weight excluding hydrogens is 242 g/mol. The Labute approximate surface area is 112 Å². The van der Waals surface area contributed by atoms with E-state index in [1.54, 1.807) is 23.0 Å². The molecule has 100 valence electrons. The Morgan fingerprint density at radius 2 is 2.11 bits per heavy atom. The number of rotatable bonds is 5. The second kappa shape index (κ2) is 6.04. The molecule has 5 nitrogen and oxygen atoms in total. The highest BCUT2D eigenvalue weighted by Gasteiger charge is 2.11. The third kappa shape index (κ3) is 3.13. The highest BCUT2D eigenvalue weighted by molar-refractivity contribution is 6.03. The lowest BCUT2D eigenvalue weighted by Gasteiger charge is -2.10. The van der Waals surface area contributed by atoms with Crippen molar-refractivity contribution in [2.24, 2.45) is 0 Å². The van der Waals surface area contributed by atoms with Gasteiger partial charge in [0.15, 0.2) is 5.69 Å². The highest BCUT2D eigenvalue weighted by Crippen LogP contribution is 2.24. The van der Waals surface area contributed by atoms with E-state index < -0.39 is 0 Å². The summed E-state index contributed by atoms with van der Waals surface area (Å²) in [4.78, 5) is 12.1. The van der Waals surface area contributed by atoms with Gasteiger partial charge in [0.1, 0.15) is 5.75 Å². The van der Waals surface area contributed by atoms with E-state index in [0.29, 0.717) is 23.7 Å². The summed E-state index contributed by atoms with van der Waals surface area (Å²) in [6, 6.07) is 9.04. The van der Waals surface area contributed by atoms with Crippen LogP contribution in [0.1, 0.15) is 24.3 Å². The Morgan fingerprint density at radius 3 is 2.79 bits per heavy atom. The maximum Gasteiger partial charge on any atom is 0.276 e. The van der Waals surface area contributed by atoms with Crippen LogP contribution >= 0.6 is 0 Å². The Kier molecular flexibility index (Phi) is 4.18. The normalized spacial score (nSPS) is 10.2. The van der Waals surface area contributed by atoms with Crippen LogP contribution in [-0.2, 0) is 6.54 Å². The zero-order chi connectivity index (χ0) is 13.7. The van der Waals surface area contributed by atoms with Crippen LogP contribution in [0, 0.1) is 0 Å². The van der Waals surface area contributed by atoms with Crippen LogP contribution in [0.5, 0.6) is 5.75 Å². The summed E-state index contributed by atoms with van der Waals surface area (Å²) in [5.41, 5.74) is 1.05. The molecule has 0 unspecified atom stereocenters. The van der Waals surface area contributed by atoms with Crippen LogP contribution in [0.15, 0.2) is 36.5 Å². The summed E-state index contributed by atoms with van der Waals surface area (Å²) < 4.78 is 7.17. The maximum atomic E-state index is 12.1. The maximum absolute atomic E-state index is 12.1. The number of carbonyl (C=O) groups excluding carboxylic acids is 1. The van der Waals surface area contributed by atoms with Crippen molar-refractivity contribution >= 4 is 11.6 Å². The molecule has 0 aliphatic rings. The molecule has 0 atom stereocenters. The first-order valence-corrected chi connectivity index (χ1v) is 6.31. The summed E-state index contributed by atoms with van der Waals surface area (Å²) >= 11 is 0. The highest BCUT2D eigenvalue weighted by atomic mass is 16.5. The van der Waals surface area contributed by atoms with Crippen molar-refractivity contribution in [3.05, 3.63) is 42.2 Å². The number of aryl methyl sites for hydroxylation is 1. The van der Waals surface area contributed by atoms with E-state index >= 15 is 0 Å². The van der Waals surface area contributed by atoms with E-state index in [4.69, 9.17) is 4.74 Å². The largest absolute Gasteiger partial charge is 0.492 e. The zero-order valence-corrected chi connectivity index (χ0v) is 11.1. The topological polar surface area (TPSA) is 56.1 Å². The zero-order valence-electron chi connectivity index (χ0n) is 11.1. The number of hydrogen-bond acceptors (Lipinski definition) is 3. The molecule has 1 heterocycles. The third-order valence-corrected chi connectivity index (χ3v) is 2.63. The fourth-order valence-corrected chi connectivity index (χ4v) is 1.70. The summed E-state index contributed by atoms with van der Waals surface area (Å²) in [6.07, 6.45) is 1.78. The van der Waals surface area contributed by atoms with E-state index in [1.807, 2.05) is 32.0 Å². The molecule has 0 spiro atoms. The molecule has 2 aromatic rings. The third-order valence-electron chi connectivity index (χ3n) is 2.63. The lowest BCUT2D eigenvalue weighted by molar-refractivity contribution is 0.102. The van der Waals surface area contributed by atoms with Crippen molar-refractivity contribution in [2.45, 2.75) is 20.4 Å². The molecule has 0 saturated heterocycles. The van der Waals surface area contributed by atoms with Gasteiger partial charge in [-0.3, -0.25) is 9.48 Å². The molecule has 0 bridgehead atoms. The van der Waals surface area contributed by atoms with Gasteiger partial charge in [0.2, 0.25) is 0 Å². The van der Waals surface area contributed by atoms with E-state index in [1.165, 1.54) is 0 Å². The van der Waals surface area contributed by atoms with E-state index in [0.717, 1.165) is 6.54 Å². The lowest BCUT2D eigenvalue weighted by Crippen LogP contribution is -2.14. The molecule has 1 N–H and O–H groups in total. The van der Waals surface area contributed by atoms with Crippen LogP contribution in [0.2, 0.25) is 0 Å². The number of benzene rings is 1. The van der Waals surface area contributed by atoms with Gasteiger partial charge in [-0.05, 0) is 32.0 Å². The number of amides is 1. The molecule has 0 fully saturated rings. The fraction of sp³-hybridized carbons (Fsp3) is 0.286. The molecule has 0 saturated carbocycles. The van der Waals surface area contributed by atoms with Crippen LogP contribution in [0.4, 0.5) is 5.69 Å². The number of ether oxygens (including phenoxy) is 1. The van der Waals surface area contributed by atoms with Gasteiger partial charge in [0, 0.05) is 12.7 Å². The van der Waals surface area contributed by atoms with E-state index in [-0.39, 0.29) is 5.91 Å². The predicted molar refractivity (Wildman–Crippen MR) is 73.5 cm³/mol. The van der Waals surface area contributed by atoms with Crippen LogP contribution in [-0.4, -0.2) is 22.3 Å². The predicted octanol–water partition coefficient (Wildman–Crippen LogP) is 2.55. The van der Waals surface area contributed by atoms with Gasteiger partial charge in [-0.2, -0.15) is 5.10 Å². The van der Waals surface area contributed by atoms with E-state index in [2.05, 4.69) is 10.4 Å². The number of nitrogens with one attached hydrogen (secondary N) is 1. The molecular formula is C14H17N3O2. The van der Waals surface area contributed by atoms with Crippen molar-refractivity contribution < 1.29 is 9.53 Å². The molecule has 19 heavy (non-hydrogen) atoms. The van der Waals surface area contributed by atoms with Gasteiger partial charge >= 0.3 is 0 Å².